The summed E-state index contributed by atoms with van der Waals surface area (Å²) in [4.78, 5) is 2.43. The summed E-state index contributed by atoms with van der Waals surface area (Å²) >= 11 is 7.46. The van der Waals surface area contributed by atoms with E-state index in [9.17, 15) is 4.39 Å². The number of hydrogen-bond donors (Lipinski definition) is 0. The van der Waals surface area contributed by atoms with E-state index in [1.54, 1.807) is 0 Å². The summed E-state index contributed by atoms with van der Waals surface area (Å²) in [6.07, 6.45) is 8.45. The van der Waals surface area contributed by atoms with Gasteiger partial charge >= 0.3 is 0 Å². The van der Waals surface area contributed by atoms with Crippen LogP contribution in [0, 0.1) is 17.5 Å². The van der Waals surface area contributed by atoms with Crippen molar-refractivity contribution in [2.45, 2.75) is 50.4 Å². The number of allylic oxidation sites excluding steroid dienone is 1. The lowest BCUT2D eigenvalue weighted by atomic mass is 9.65. The van der Waals surface area contributed by atoms with E-state index in [2.05, 4.69) is 93.1 Å². The lowest BCUT2D eigenvalue weighted by Gasteiger charge is -2.38. The molecule has 6 heteroatoms. The van der Waals surface area contributed by atoms with E-state index < -0.39 is 22.5 Å². The van der Waals surface area contributed by atoms with Gasteiger partial charge in [0.15, 0.2) is 0 Å². The van der Waals surface area contributed by atoms with E-state index in [1.165, 1.54) is 43.1 Å². The van der Waals surface area contributed by atoms with Crippen LogP contribution in [0.2, 0.25) is 0 Å². The first-order valence-corrected chi connectivity index (χ1v) is 17.5. The Bertz CT molecular complexity index is 2080. The van der Waals surface area contributed by atoms with Crippen LogP contribution in [-0.4, -0.2) is 13.1 Å². The molecule has 0 radical (unpaired) electrons. The predicted octanol–water partition coefficient (Wildman–Crippen LogP) is 11.6. The van der Waals surface area contributed by atoms with E-state index >= 15 is 8.78 Å². The third-order valence-corrected chi connectivity index (χ3v) is 11.6. The molecule has 1 fully saturated rings. The number of halogens is 5. The molecular formula is C40H32Br2F3N. The van der Waals surface area contributed by atoms with Gasteiger partial charge in [-0.3, -0.25) is 0 Å². The molecule has 5 aromatic carbocycles. The van der Waals surface area contributed by atoms with Crippen molar-refractivity contribution in [1.29, 1.82) is 0 Å². The van der Waals surface area contributed by atoms with Crippen LogP contribution >= 0.6 is 31.9 Å². The van der Waals surface area contributed by atoms with Crippen molar-refractivity contribution in [2.75, 3.05) is 18.0 Å². The second-order valence-corrected chi connectivity index (χ2v) is 15.2. The number of benzene rings is 5. The standard InChI is InChI=1S/C40H32Br2F3N/c1-39(2)37-31(18-25(41)19-33(37)42)36-30-20-27(44)21-34(45)35(30)32-22-40(15-14-29(32)38(36)39,23-6-10-26(43)11-7-23)24-8-12-28(13-9-24)46-16-4-3-5-17-46/h6-15,18-21H,3-5,16-17,22H2,1-2H3. The zero-order valence-electron chi connectivity index (χ0n) is 25.7. The SMILES string of the molecule is CC1(C)c2c(Br)cc(Br)cc2-c2c1c1c(c3c(F)cc(F)cc23)CC(c2ccc(F)cc2)(c2ccc(N3CCCCC3)cc2)C=C1. The van der Waals surface area contributed by atoms with E-state index in [0.717, 1.165) is 72.6 Å². The number of piperidine rings is 1. The Balaban J connectivity index is 1.40. The maximum absolute atomic E-state index is 16.3. The molecule has 0 saturated carbocycles. The maximum atomic E-state index is 16.3. The summed E-state index contributed by atoms with van der Waals surface area (Å²) in [5.74, 6) is -1.48. The minimum Gasteiger partial charge on any atom is -0.372 e. The highest BCUT2D eigenvalue weighted by atomic mass is 79.9. The first-order chi connectivity index (χ1) is 22.1. The van der Waals surface area contributed by atoms with Gasteiger partial charge in [0.1, 0.15) is 17.5 Å². The van der Waals surface area contributed by atoms with Crippen LogP contribution in [-0.2, 0) is 17.3 Å². The van der Waals surface area contributed by atoms with Crippen molar-refractivity contribution < 1.29 is 13.2 Å². The van der Waals surface area contributed by atoms with Crippen molar-refractivity contribution in [3.05, 3.63) is 139 Å². The lowest BCUT2D eigenvalue weighted by Crippen LogP contribution is -2.32. The second kappa shape index (κ2) is 10.8. The highest BCUT2D eigenvalue weighted by molar-refractivity contribution is 9.11. The van der Waals surface area contributed by atoms with Crippen LogP contribution in [0.4, 0.5) is 18.9 Å². The lowest BCUT2D eigenvalue weighted by molar-refractivity contribution is 0.577. The van der Waals surface area contributed by atoms with Crippen LogP contribution in [0.25, 0.3) is 28.0 Å². The van der Waals surface area contributed by atoms with Gasteiger partial charge in [-0.05, 0) is 118 Å². The molecule has 3 aliphatic rings. The smallest absolute Gasteiger partial charge is 0.134 e. The fourth-order valence-electron chi connectivity index (χ4n) is 8.46. The summed E-state index contributed by atoms with van der Waals surface area (Å²) in [5, 5.41) is 1.02. The van der Waals surface area contributed by atoms with Gasteiger partial charge in [0.25, 0.3) is 0 Å². The van der Waals surface area contributed by atoms with Gasteiger partial charge in [0.2, 0.25) is 0 Å². The quantitative estimate of drug-likeness (QED) is 0.178. The molecule has 1 aliphatic heterocycles. The molecule has 232 valence electrons. The molecule has 0 amide bonds. The molecule has 5 aromatic rings. The third kappa shape index (κ3) is 4.46. The zero-order valence-corrected chi connectivity index (χ0v) is 28.8. The fraction of sp³-hybridized carbons (Fsp3) is 0.250. The number of nitrogens with zero attached hydrogens (tertiary/aromatic N) is 1. The Labute approximate surface area is 284 Å². The van der Waals surface area contributed by atoms with Gasteiger partial charge in [-0.15, -0.1) is 0 Å². The zero-order chi connectivity index (χ0) is 32.0. The average molecular weight is 744 g/mol. The first-order valence-electron chi connectivity index (χ1n) is 15.9. The molecule has 1 atom stereocenters. The van der Waals surface area contributed by atoms with Gasteiger partial charge in [0.05, 0.1) is 0 Å². The van der Waals surface area contributed by atoms with Crippen molar-refractivity contribution in [3.63, 3.8) is 0 Å². The van der Waals surface area contributed by atoms with Gasteiger partial charge < -0.3 is 4.90 Å². The van der Waals surface area contributed by atoms with E-state index in [1.807, 2.05) is 18.2 Å². The Kier molecular flexibility index (Phi) is 7.08. The van der Waals surface area contributed by atoms with Crippen molar-refractivity contribution >= 4 is 54.4 Å². The van der Waals surface area contributed by atoms with Crippen LogP contribution in [0.15, 0.2) is 87.8 Å². The van der Waals surface area contributed by atoms with Crippen LogP contribution in [0.1, 0.15) is 66.5 Å². The van der Waals surface area contributed by atoms with Crippen molar-refractivity contribution in [3.8, 4) is 11.1 Å². The number of fused-ring (bicyclic) bond motifs is 8. The highest BCUT2D eigenvalue weighted by Crippen LogP contribution is 2.58. The molecule has 1 heterocycles. The normalized spacial score (nSPS) is 19.7. The molecule has 0 N–H and O–H groups in total. The second-order valence-electron chi connectivity index (χ2n) is 13.5. The van der Waals surface area contributed by atoms with Gasteiger partial charge in [-0.1, -0.05) is 82.1 Å². The summed E-state index contributed by atoms with van der Waals surface area (Å²) in [6.45, 7) is 6.47. The molecule has 0 aromatic heterocycles. The largest absolute Gasteiger partial charge is 0.372 e. The predicted molar refractivity (Wildman–Crippen MR) is 189 cm³/mol. The van der Waals surface area contributed by atoms with E-state index in [4.69, 9.17) is 0 Å². The molecule has 1 saturated heterocycles. The molecule has 0 bridgehead atoms. The van der Waals surface area contributed by atoms with Gasteiger partial charge in [0, 0.05) is 50.0 Å². The Hall–Kier alpha value is -3.35. The average Bonchev–Trinajstić information content (AvgIpc) is 3.28. The Morgan fingerprint density at radius 3 is 2.11 bits per heavy atom. The molecule has 0 spiro atoms. The first kappa shape index (κ1) is 30.0. The van der Waals surface area contributed by atoms with Gasteiger partial charge in [-0.25, -0.2) is 13.2 Å². The van der Waals surface area contributed by atoms with Crippen molar-refractivity contribution in [1.82, 2.24) is 0 Å². The molecule has 1 nitrogen and oxygen atoms in total. The van der Waals surface area contributed by atoms with Crippen LogP contribution in [0.3, 0.4) is 0 Å². The Morgan fingerprint density at radius 1 is 0.739 bits per heavy atom. The number of hydrogen-bond acceptors (Lipinski definition) is 1. The fourth-order valence-corrected chi connectivity index (χ4v) is 10.2. The summed E-state index contributed by atoms with van der Waals surface area (Å²) in [5.41, 5.74) is 7.85. The Morgan fingerprint density at radius 2 is 1.41 bits per heavy atom. The van der Waals surface area contributed by atoms with E-state index in [-0.39, 0.29) is 5.82 Å². The topological polar surface area (TPSA) is 3.24 Å². The van der Waals surface area contributed by atoms with Gasteiger partial charge in [-0.2, -0.15) is 0 Å². The molecule has 2 aliphatic carbocycles. The molecule has 8 rings (SSSR count). The third-order valence-electron chi connectivity index (χ3n) is 10.5. The summed E-state index contributed by atoms with van der Waals surface area (Å²) in [7, 11) is 0. The molecule has 46 heavy (non-hydrogen) atoms. The molecular weight excluding hydrogens is 711 g/mol. The van der Waals surface area contributed by atoms with Crippen LogP contribution < -0.4 is 4.90 Å². The highest BCUT2D eigenvalue weighted by Gasteiger charge is 2.44. The van der Waals surface area contributed by atoms with Crippen molar-refractivity contribution in [2.24, 2.45) is 0 Å². The molecule has 1 unspecified atom stereocenters. The van der Waals surface area contributed by atoms with E-state index in [0.29, 0.717) is 17.2 Å². The summed E-state index contributed by atoms with van der Waals surface area (Å²) < 4.78 is 47.5. The number of rotatable bonds is 3. The minimum absolute atomic E-state index is 0.305. The monoisotopic (exact) mass is 741 g/mol. The minimum atomic E-state index is -0.692. The summed E-state index contributed by atoms with van der Waals surface area (Å²) in [6, 6.07) is 21.9. The number of anilines is 1. The maximum Gasteiger partial charge on any atom is 0.134 e. The van der Waals surface area contributed by atoms with Crippen LogP contribution in [0.5, 0.6) is 0 Å².